The van der Waals surface area contributed by atoms with Gasteiger partial charge in [-0.25, -0.2) is 8.42 Å². The molecule has 1 aliphatic carbocycles. The number of aromatic nitrogens is 1. The van der Waals surface area contributed by atoms with Gasteiger partial charge in [0.2, 0.25) is 0 Å². The fourth-order valence-electron chi connectivity index (χ4n) is 3.53. The van der Waals surface area contributed by atoms with Gasteiger partial charge in [0.05, 0.1) is 11.3 Å². The number of rotatable bonds is 5. The number of benzene rings is 1. The second kappa shape index (κ2) is 7.60. The first-order valence-corrected chi connectivity index (χ1v) is 11.1. The Kier molecular flexibility index (Phi) is 5.66. The summed E-state index contributed by atoms with van der Waals surface area (Å²) < 4.78 is 69.0. The van der Waals surface area contributed by atoms with Crippen LogP contribution in [-0.2, 0) is 16.0 Å². The van der Waals surface area contributed by atoms with E-state index in [1.165, 1.54) is 24.3 Å². The summed E-state index contributed by atoms with van der Waals surface area (Å²) in [6.07, 6.45) is -0.780. The van der Waals surface area contributed by atoms with Crippen LogP contribution in [0.1, 0.15) is 38.2 Å². The fourth-order valence-corrected chi connectivity index (χ4v) is 4.35. The van der Waals surface area contributed by atoms with Crippen LogP contribution in [-0.4, -0.2) is 36.5 Å². The Labute approximate surface area is 167 Å². The van der Waals surface area contributed by atoms with Crippen LogP contribution < -0.4 is 4.74 Å². The lowest BCUT2D eigenvalue weighted by molar-refractivity contribution is -0.137. The summed E-state index contributed by atoms with van der Waals surface area (Å²) in [5.41, 5.74) is -1.61. The number of nitrogens with zero attached hydrogens (tertiary/aromatic N) is 1. The molecule has 0 amide bonds. The normalized spacial score (nSPS) is 17.9. The minimum atomic E-state index is -4.53. The molecular weight excluding hydrogens is 407 g/mol. The third-order valence-corrected chi connectivity index (χ3v) is 6.39. The number of hydrogen-bond donors (Lipinski definition) is 1. The Morgan fingerprint density at radius 1 is 1.17 bits per heavy atom. The molecular formula is C20H22F3NO4S. The third kappa shape index (κ3) is 4.56. The summed E-state index contributed by atoms with van der Waals surface area (Å²) in [6, 6.07) is 6.43. The number of pyridine rings is 1. The molecule has 1 aromatic carbocycles. The maximum absolute atomic E-state index is 12.8. The molecule has 2 aromatic rings. The van der Waals surface area contributed by atoms with Crippen molar-refractivity contribution >= 4 is 9.84 Å². The van der Waals surface area contributed by atoms with E-state index < -0.39 is 33.3 Å². The van der Waals surface area contributed by atoms with Crippen molar-refractivity contribution in [2.75, 3.05) is 6.26 Å². The van der Waals surface area contributed by atoms with E-state index in [2.05, 4.69) is 4.98 Å². The number of para-hydroxylation sites is 1. The Balaban J connectivity index is 2.08. The van der Waals surface area contributed by atoms with Crippen molar-refractivity contribution in [1.82, 2.24) is 4.98 Å². The predicted octanol–water partition coefficient (Wildman–Crippen LogP) is 4.24. The number of ether oxygens (including phenoxy) is 1. The molecule has 0 radical (unpaired) electrons. The standard InChI is InChI=1S/C20H22F3NO4S/c1-13(19(25)10-3-4-11-19)28-18-15(6-5-7-17(18)29(2,26)27)16-9-8-14(12-24-16)20(21,22)23/h5-9,12-13,25H,3-4,10-11H2,1-2H3. The molecule has 0 spiro atoms. The first-order valence-electron chi connectivity index (χ1n) is 9.17. The van der Waals surface area contributed by atoms with E-state index in [0.717, 1.165) is 25.2 Å². The van der Waals surface area contributed by atoms with Gasteiger partial charge in [0, 0.05) is 18.0 Å². The molecule has 0 saturated heterocycles. The number of aliphatic hydroxyl groups is 1. The van der Waals surface area contributed by atoms with Crippen LogP contribution in [0.2, 0.25) is 0 Å². The van der Waals surface area contributed by atoms with Crippen molar-refractivity contribution in [1.29, 1.82) is 0 Å². The van der Waals surface area contributed by atoms with Crippen LogP contribution in [0.4, 0.5) is 13.2 Å². The van der Waals surface area contributed by atoms with Gasteiger partial charge >= 0.3 is 6.18 Å². The van der Waals surface area contributed by atoms with Crippen LogP contribution in [0.5, 0.6) is 5.75 Å². The molecule has 29 heavy (non-hydrogen) atoms. The molecule has 1 N–H and O–H groups in total. The number of halogens is 3. The van der Waals surface area contributed by atoms with E-state index in [4.69, 9.17) is 4.74 Å². The van der Waals surface area contributed by atoms with Crippen molar-refractivity contribution in [2.45, 2.75) is 55.4 Å². The van der Waals surface area contributed by atoms with E-state index in [1.54, 1.807) is 6.92 Å². The van der Waals surface area contributed by atoms with Gasteiger partial charge in [-0.05, 0) is 44.0 Å². The molecule has 3 rings (SSSR count). The van der Waals surface area contributed by atoms with Gasteiger partial charge in [-0.1, -0.05) is 18.9 Å². The molecule has 1 fully saturated rings. The van der Waals surface area contributed by atoms with Crippen LogP contribution in [0.15, 0.2) is 41.4 Å². The lowest BCUT2D eigenvalue weighted by atomic mass is 9.96. The van der Waals surface area contributed by atoms with E-state index in [1.807, 2.05) is 0 Å². The zero-order valence-electron chi connectivity index (χ0n) is 16.0. The zero-order chi connectivity index (χ0) is 21.4. The molecule has 1 atom stereocenters. The summed E-state index contributed by atoms with van der Waals surface area (Å²) in [6.45, 7) is 1.66. The number of hydrogen-bond acceptors (Lipinski definition) is 5. The Bertz CT molecular complexity index is 982. The molecule has 0 bridgehead atoms. The molecule has 158 valence electrons. The Hall–Kier alpha value is -2.13. The van der Waals surface area contributed by atoms with E-state index >= 15 is 0 Å². The molecule has 0 aliphatic heterocycles. The Morgan fingerprint density at radius 2 is 1.83 bits per heavy atom. The number of sulfone groups is 1. The van der Waals surface area contributed by atoms with Gasteiger partial charge in [0.15, 0.2) is 9.84 Å². The summed E-state index contributed by atoms with van der Waals surface area (Å²) in [4.78, 5) is 3.76. The lowest BCUT2D eigenvalue weighted by Crippen LogP contribution is -2.41. The van der Waals surface area contributed by atoms with Gasteiger partial charge in [-0.15, -0.1) is 0 Å². The third-order valence-electron chi connectivity index (χ3n) is 5.27. The largest absolute Gasteiger partial charge is 0.486 e. The minimum absolute atomic E-state index is 0.0184. The van der Waals surface area contributed by atoms with Gasteiger partial charge in [0.25, 0.3) is 0 Å². The van der Waals surface area contributed by atoms with Gasteiger partial charge < -0.3 is 9.84 Å². The maximum atomic E-state index is 12.8. The molecule has 1 aromatic heterocycles. The SMILES string of the molecule is CC(Oc1c(-c2ccc(C(F)(F)F)cn2)cccc1S(C)(=O)=O)C1(O)CCCC1. The summed E-state index contributed by atoms with van der Waals surface area (Å²) >= 11 is 0. The van der Waals surface area contributed by atoms with E-state index in [0.29, 0.717) is 19.0 Å². The van der Waals surface area contributed by atoms with Crippen LogP contribution in [0.3, 0.4) is 0 Å². The fraction of sp³-hybridized carbons (Fsp3) is 0.450. The van der Waals surface area contributed by atoms with Crippen molar-refractivity contribution in [2.24, 2.45) is 0 Å². The first kappa shape index (κ1) is 21.6. The maximum Gasteiger partial charge on any atom is 0.417 e. The van der Waals surface area contributed by atoms with Crippen LogP contribution in [0, 0.1) is 0 Å². The smallest absolute Gasteiger partial charge is 0.417 e. The molecule has 9 heteroatoms. The highest BCUT2D eigenvalue weighted by Gasteiger charge is 2.39. The van der Waals surface area contributed by atoms with Crippen molar-refractivity contribution in [3.05, 3.63) is 42.1 Å². The average molecular weight is 429 g/mol. The second-order valence-corrected chi connectivity index (χ2v) is 9.39. The molecule has 1 heterocycles. The average Bonchev–Trinajstić information content (AvgIpc) is 3.08. The van der Waals surface area contributed by atoms with Gasteiger partial charge in [0.1, 0.15) is 22.4 Å². The lowest BCUT2D eigenvalue weighted by Gasteiger charge is -2.31. The Morgan fingerprint density at radius 3 is 2.34 bits per heavy atom. The highest BCUT2D eigenvalue weighted by Crippen LogP contribution is 2.40. The highest BCUT2D eigenvalue weighted by molar-refractivity contribution is 7.90. The summed E-state index contributed by atoms with van der Waals surface area (Å²) in [5.74, 6) is -0.0184. The summed E-state index contributed by atoms with van der Waals surface area (Å²) in [5, 5.41) is 10.8. The topological polar surface area (TPSA) is 76.5 Å². The van der Waals surface area contributed by atoms with Crippen LogP contribution in [0.25, 0.3) is 11.3 Å². The molecule has 5 nitrogen and oxygen atoms in total. The molecule has 1 unspecified atom stereocenters. The number of alkyl halides is 3. The predicted molar refractivity (Wildman–Crippen MR) is 101 cm³/mol. The van der Waals surface area contributed by atoms with Crippen molar-refractivity contribution in [3.63, 3.8) is 0 Å². The molecule has 1 aliphatic rings. The van der Waals surface area contributed by atoms with E-state index in [9.17, 15) is 26.7 Å². The highest BCUT2D eigenvalue weighted by atomic mass is 32.2. The van der Waals surface area contributed by atoms with Crippen molar-refractivity contribution < 1.29 is 31.4 Å². The molecule has 1 saturated carbocycles. The van der Waals surface area contributed by atoms with Crippen LogP contribution >= 0.6 is 0 Å². The quantitative estimate of drug-likeness (QED) is 0.769. The minimum Gasteiger partial charge on any atom is -0.486 e. The monoisotopic (exact) mass is 429 g/mol. The van der Waals surface area contributed by atoms with Gasteiger partial charge in [-0.3, -0.25) is 4.98 Å². The summed E-state index contributed by atoms with van der Waals surface area (Å²) in [7, 11) is -3.70. The first-order chi connectivity index (χ1) is 13.4. The second-order valence-electron chi connectivity index (χ2n) is 7.41. The van der Waals surface area contributed by atoms with Gasteiger partial charge in [-0.2, -0.15) is 13.2 Å². The van der Waals surface area contributed by atoms with E-state index in [-0.39, 0.29) is 21.9 Å². The zero-order valence-corrected chi connectivity index (χ0v) is 16.8. The van der Waals surface area contributed by atoms with Crippen molar-refractivity contribution in [3.8, 4) is 17.0 Å².